The molecular weight excluding hydrogens is 244 g/mol. The topological polar surface area (TPSA) is 105 Å². The van der Waals surface area contributed by atoms with Gasteiger partial charge in [0.2, 0.25) is 0 Å². The van der Waals surface area contributed by atoms with Crippen LogP contribution in [0.15, 0.2) is 12.7 Å². The molecule has 0 fully saturated rings. The Hall–Kier alpha value is -0.990. The summed E-state index contributed by atoms with van der Waals surface area (Å²) < 4.78 is 14.0. The maximum Gasteiger partial charge on any atom is 0.327 e. The third-order valence-electron chi connectivity index (χ3n) is 1.02. The van der Waals surface area contributed by atoms with Gasteiger partial charge in [-0.2, -0.15) is 0 Å². The van der Waals surface area contributed by atoms with Gasteiger partial charge in [0, 0.05) is 20.3 Å². The first-order valence-corrected chi connectivity index (χ1v) is 5.23. The highest BCUT2D eigenvalue weighted by atomic mass is 16.5. The van der Waals surface area contributed by atoms with Gasteiger partial charge in [0.1, 0.15) is 0 Å². The minimum atomic E-state index is -0.981. The van der Waals surface area contributed by atoms with E-state index in [0.717, 1.165) is 6.08 Å². The molecule has 110 valence electrons. The highest BCUT2D eigenvalue weighted by Gasteiger charge is 1.86. The lowest BCUT2D eigenvalue weighted by atomic mass is 10.7. The molecule has 7 nitrogen and oxygen atoms in total. The lowest BCUT2D eigenvalue weighted by Gasteiger charge is -2.01. The van der Waals surface area contributed by atoms with Gasteiger partial charge in [-0.15, -0.1) is 0 Å². The fourth-order valence-corrected chi connectivity index (χ4v) is 0.451. The third kappa shape index (κ3) is 45.9. The predicted octanol–water partition coefficient (Wildman–Crippen LogP) is -0.476. The summed E-state index contributed by atoms with van der Waals surface area (Å²) in [6.45, 7) is 4.69. The van der Waals surface area contributed by atoms with Crippen molar-refractivity contribution in [3.05, 3.63) is 12.7 Å². The Morgan fingerprint density at radius 3 is 1.50 bits per heavy atom. The van der Waals surface area contributed by atoms with Gasteiger partial charge in [0.25, 0.3) is 0 Å². The molecule has 0 saturated heterocycles. The van der Waals surface area contributed by atoms with Crippen LogP contribution in [0.1, 0.15) is 0 Å². The second-order valence-electron chi connectivity index (χ2n) is 2.62. The van der Waals surface area contributed by atoms with Crippen LogP contribution in [0, 0.1) is 0 Å². The van der Waals surface area contributed by atoms with Crippen LogP contribution in [0.3, 0.4) is 0 Å². The van der Waals surface area contributed by atoms with E-state index in [4.69, 9.17) is 24.8 Å². The largest absolute Gasteiger partial charge is 0.478 e. The average molecular weight is 268 g/mol. The molecule has 18 heavy (non-hydrogen) atoms. The smallest absolute Gasteiger partial charge is 0.327 e. The zero-order valence-corrected chi connectivity index (χ0v) is 11.0. The minimum Gasteiger partial charge on any atom is -0.478 e. The second-order valence-corrected chi connectivity index (χ2v) is 2.62. The van der Waals surface area contributed by atoms with E-state index in [1.165, 1.54) is 0 Å². The molecule has 0 amide bonds. The first kappa shape index (κ1) is 22.2. The highest BCUT2D eigenvalue weighted by Crippen LogP contribution is 1.76. The predicted molar refractivity (Wildman–Crippen MR) is 66.6 cm³/mol. The van der Waals surface area contributed by atoms with Crippen LogP contribution in [-0.4, -0.2) is 75.1 Å². The molecule has 0 bridgehead atoms. The van der Waals surface area contributed by atoms with Gasteiger partial charge in [-0.05, 0) is 0 Å². The summed E-state index contributed by atoms with van der Waals surface area (Å²) in [6.07, 6.45) is 0.833. The van der Waals surface area contributed by atoms with Gasteiger partial charge in [0.15, 0.2) is 0 Å². The zero-order valence-electron chi connectivity index (χ0n) is 11.0. The third-order valence-corrected chi connectivity index (χ3v) is 1.02. The maximum atomic E-state index is 9.25. The van der Waals surface area contributed by atoms with Gasteiger partial charge in [-0.25, -0.2) is 4.79 Å². The summed E-state index contributed by atoms with van der Waals surface area (Å²) in [5.41, 5.74) is 0. The summed E-state index contributed by atoms with van der Waals surface area (Å²) in [4.78, 5) is 9.25. The molecule has 0 radical (unpaired) electrons. The van der Waals surface area contributed by atoms with Crippen LogP contribution in [-0.2, 0) is 19.0 Å². The van der Waals surface area contributed by atoms with E-state index in [2.05, 4.69) is 11.3 Å². The molecule has 0 spiro atoms. The summed E-state index contributed by atoms with van der Waals surface area (Å²) in [5, 5.41) is 24.1. The number of aliphatic hydroxyl groups is 2. The van der Waals surface area contributed by atoms with E-state index in [0.29, 0.717) is 26.4 Å². The van der Waals surface area contributed by atoms with Crippen molar-refractivity contribution in [1.29, 1.82) is 0 Å². The van der Waals surface area contributed by atoms with Crippen LogP contribution in [0.5, 0.6) is 0 Å². The molecule has 0 aliphatic heterocycles. The molecular formula is C11H24O7. The van der Waals surface area contributed by atoms with Crippen molar-refractivity contribution >= 4 is 5.97 Å². The van der Waals surface area contributed by atoms with E-state index in [-0.39, 0.29) is 13.2 Å². The molecule has 0 aromatic heterocycles. The van der Waals surface area contributed by atoms with E-state index in [1.807, 2.05) is 0 Å². The number of hydrogen-bond acceptors (Lipinski definition) is 6. The Balaban J connectivity index is -0.000000235. The molecule has 0 aromatic carbocycles. The fraction of sp³-hybridized carbons (Fsp3) is 0.727. The van der Waals surface area contributed by atoms with Crippen molar-refractivity contribution in [2.75, 3.05) is 53.9 Å². The number of carbonyl (C=O) groups is 1. The molecule has 3 N–H and O–H groups in total. The van der Waals surface area contributed by atoms with Crippen LogP contribution in [0.25, 0.3) is 0 Å². The van der Waals surface area contributed by atoms with Gasteiger partial charge >= 0.3 is 5.97 Å². The molecule has 0 aliphatic carbocycles. The summed E-state index contributed by atoms with van der Waals surface area (Å²) in [6, 6.07) is 0. The molecule has 0 atom stereocenters. The van der Waals surface area contributed by atoms with Crippen LogP contribution < -0.4 is 0 Å². The molecule has 0 heterocycles. The van der Waals surface area contributed by atoms with Crippen LogP contribution in [0.2, 0.25) is 0 Å². The Kier molecular flexibility index (Phi) is 30.9. The maximum absolute atomic E-state index is 9.25. The number of methoxy groups -OCH3 is 1. The van der Waals surface area contributed by atoms with Crippen molar-refractivity contribution in [2.45, 2.75) is 0 Å². The van der Waals surface area contributed by atoms with Gasteiger partial charge < -0.3 is 29.5 Å². The van der Waals surface area contributed by atoms with Crippen molar-refractivity contribution in [3.63, 3.8) is 0 Å². The Labute approximate surface area is 108 Å². The van der Waals surface area contributed by atoms with Gasteiger partial charge in [0.05, 0.1) is 39.6 Å². The molecule has 0 aliphatic rings. The van der Waals surface area contributed by atoms with E-state index < -0.39 is 5.97 Å². The number of hydrogen-bond donors (Lipinski definition) is 3. The SMILES string of the molecule is C=CC(=O)O.COC.OCCOCCOCCO. The van der Waals surface area contributed by atoms with Crippen molar-refractivity contribution in [3.8, 4) is 0 Å². The normalized spacial score (nSPS) is 8.44. The van der Waals surface area contributed by atoms with Crippen molar-refractivity contribution in [1.82, 2.24) is 0 Å². The average Bonchev–Trinajstić information content (AvgIpc) is 2.35. The molecule has 0 saturated carbocycles. The van der Waals surface area contributed by atoms with Crippen molar-refractivity contribution in [2.24, 2.45) is 0 Å². The Morgan fingerprint density at radius 2 is 1.33 bits per heavy atom. The van der Waals surface area contributed by atoms with Gasteiger partial charge in [-0.3, -0.25) is 0 Å². The van der Waals surface area contributed by atoms with Crippen molar-refractivity contribution < 1.29 is 34.3 Å². The number of aliphatic carboxylic acids is 1. The molecule has 0 rings (SSSR count). The number of aliphatic hydroxyl groups excluding tert-OH is 2. The Bertz CT molecular complexity index is 153. The molecule has 7 heteroatoms. The number of carboxylic acids is 1. The zero-order chi connectivity index (χ0) is 14.6. The molecule has 0 unspecified atom stereocenters. The lowest BCUT2D eigenvalue weighted by Crippen LogP contribution is -2.09. The van der Waals surface area contributed by atoms with E-state index >= 15 is 0 Å². The number of carboxylic acid groups (broad SMARTS) is 1. The quantitative estimate of drug-likeness (QED) is 0.403. The van der Waals surface area contributed by atoms with E-state index in [9.17, 15) is 4.79 Å². The monoisotopic (exact) mass is 268 g/mol. The lowest BCUT2D eigenvalue weighted by molar-refractivity contribution is -0.131. The second kappa shape index (κ2) is 25.0. The van der Waals surface area contributed by atoms with Crippen LogP contribution >= 0.6 is 0 Å². The number of ether oxygens (including phenoxy) is 3. The number of rotatable bonds is 8. The molecule has 0 aromatic rings. The summed E-state index contributed by atoms with van der Waals surface area (Å²) in [7, 11) is 3.25. The Morgan fingerprint density at radius 1 is 1.06 bits per heavy atom. The summed E-state index contributed by atoms with van der Waals surface area (Å²) in [5.74, 6) is -0.981. The van der Waals surface area contributed by atoms with Gasteiger partial charge in [-0.1, -0.05) is 6.58 Å². The first-order chi connectivity index (χ1) is 8.60. The van der Waals surface area contributed by atoms with Crippen LogP contribution in [0.4, 0.5) is 0 Å². The highest BCUT2D eigenvalue weighted by molar-refractivity contribution is 5.78. The fourth-order valence-electron chi connectivity index (χ4n) is 0.451. The summed E-state index contributed by atoms with van der Waals surface area (Å²) >= 11 is 0. The van der Waals surface area contributed by atoms with E-state index in [1.54, 1.807) is 14.2 Å². The standard InChI is InChI=1S/C6H14O4.C3H4O2.C2H6O/c7-1-3-9-5-6-10-4-2-8;1-2-3(4)5;1-3-2/h7-8H,1-6H2;2H,1H2,(H,4,5);1-2H3. The minimum absolute atomic E-state index is 0.0417. The first-order valence-electron chi connectivity index (χ1n) is 5.23.